The van der Waals surface area contributed by atoms with Crippen molar-refractivity contribution in [3.05, 3.63) is 6.92 Å². The van der Waals surface area contributed by atoms with Gasteiger partial charge in [-0.25, -0.2) is 0 Å². The molecule has 1 N–H and O–H groups in total. The van der Waals surface area contributed by atoms with E-state index in [1.165, 1.54) is 13.1 Å². The van der Waals surface area contributed by atoms with Crippen molar-refractivity contribution in [2.75, 3.05) is 13.1 Å². The molecule has 1 saturated heterocycles. The summed E-state index contributed by atoms with van der Waals surface area (Å²) < 4.78 is 0. The van der Waals surface area contributed by atoms with Gasteiger partial charge in [0.1, 0.15) is 0 Å². The van der Waals surface area contributed by atoms with Gasteiger partial charge in [-0.1, -0.05) is 6.92 Å². The zero-order chi connectivity index (χ0) is 4.41. The summed E-state index contributed by atoms with van der Waals surface area (Å²) in [6.45, 7) is 6.16. The molecule has 1 aliphatic rings. The third-order valence-corrected chi connectivity index (χ3v) is 1.27. The number of rotatable bonds is 1. The van der Waals surface area contributed by atoms with Gasteiger partial charge in [-0.15, -0.1) is 0 Å². The summed E-state index contributed by atoms with van der Waals surface area (Å²) in [5, 5.41) is 3.17. The van der Waals surface area contributed by atoms with Crippen LogP contribution in [0.3, 0.4) is 0 Å². The molecule has 0 aliphatic carbocycles. The molecule has 0 bridgehead atoms. The first-order valence-electron chi connectivity index (χ1n) is 2.43. The van der Waals surface area contributed by atoms with E-state index in [9.17, 15) is 0 Å². The third-order valence-electron chi connectivity index (χ3n) is 1.27. The Kier molecular flexibility index (Phi) is 1.10. The van der Waals surface area contributed by atoms with Gasteiger partial charge in [0, 0.05) is 0 Å². The van der Waals surface area contributed by atoms with Crippen molar-refractivity contribution >= 4 is 0 Å². The molecule has 0 aromatic rings. The normalized spacial score (nSPS) is 23.5. The first-order chi connectivity index (χ1) is 2.93. The SMILES string of the molecule is [CH2]CC1CNC1. The molecule has 0 amide bonds. The van der Waals surface area contributed by atoms with Gasteiger partial charge < -0.3 is 5.32 Å². The molecule has 0 aromatic carbocycles. The van der Waals surface area contributed by atoms with Gasteiger partial charge in [0.15, 0.2) is 0 Å². The molecule has 1 heteroatoms. The average Bonchev–Trinajstić information content (AvgIpc) is 1.31. The van der Waals surface area contributed by atoms with Crippen LogP contribution in [0, 0.1) is 12.8 Å². The summed E-state index contributed by atoms with van der Waals surface area (Å²) in [7, 11) is 0. The number of nitrogens with one attached hydrogen (secondary N) is 1. The highest BCUT2D eigenvalue weighted by atomic mass is 14.9. The van der Waals surface area contributed by atoms with Crippen LogP contribution in [0.1, 0.15) is 6.42 Å². The van der Waals surface area contributed by atoms with Gasteiger partial charge in [-0.05, 0) is 25.4 Å². The van der Waals surface area contributed by atoms with Crippen molar-refractivity contribution < 1.29 is 0 Å². The zero-order valence-corrected chi connectivity index (χ0v) is 3.91. The largest absolute Gasteiger partial charge is 0.316 e. The van der Waals surface area contributed by atoms with E-state index in [2.05, 4.69) is 12.2 Å². The van der Waals surface area contributed by atoms with Gasteiger partial charge in [-0.2, -0.15) is 0 Å². The van der Waals surface area contributed by atoms with Crippen molar-refractivity contribution in [1.82, 2.24) is 5.32 Å². The Morgan fingerprint density at radius 3 is 2.33 bits per heavy atom. The second kappa shape index (κ2) is 1.61. The highest BCUT2D eigenvalue weighted by Crippen LogP contribution is 2.04. The molecule has 35 valence electrons. The highest BCUT2D eigenvalue weighted by Gasteiger charge is 2.12. The van der Waals surface area contributed by atoms with E-state index < -0.39 is 0 Å². The lowest BCUT2D eigenvalue weighted by Crippen LogP contribution is -2.41. The summed E-state index contributed by atoms with van der Waals surface area (Å²) in [5.41, 5.74) is 0. The number of hydrogen-bond donors (Lipinski definition) is 1. The maximum Gasteiger partial charge on any atom is -0.000826 e. The van der Waals surface area contributed by atoms with Crippen LogP contribution < -0.4 is 5.32 Å². The second-order valence-electron chi connectivity index (χ2n) is 1.81. The quantitative estimate of drug-likeness (QED) is 0.486. The van der Waals surface area contributed by atoms with Crippen molar-refractivity contribution in [3.8, 4) is 0 Å². The molecule has 0 unspecified atom stereocenters. The molecule has 1 rings (SSSR count). The van der Waals surface area contributed by atoms with Gasteiger partial charge in [0.05, 0.1) is 0 Å². The van der Waals surface area contributed by atoms with Crippen LogP contribution in [0.4, 0.5) is 0 Å². The molecule has 1 heterocycles. The fourth-order valence-corrected chi connectivity index (χ4v) is 0.553. The predicted octanol–water partition coefficient (Wildman–Crippen LogP) is 0.430. The molecule has 0 spiro atoms. The standard InChI is InChI=1S/C5H10N/c1-2-5-3-6-4-5/h5-6H,1-4H2. The Hall–Kier alpha value is -0.0400. The zero-order valence-electron chi connectivity index (χ0n) is 3.91. The van der Waals surface area contributed by atoms with E-state index >= 15 is 0 Å². The van der Waals surface area contributed by atoms with E-state index in [-0.39, 0.29) is 0 Å². The van der Waals surface area contributed by atoms with Crippen molar-refractivity contribution in [2.24, 2.45) is 5.92 Å². The van der Waals surface area contributed by atoms with Crippen LogP contribution in [0.15, 0.2) is 0 Å². The first-order valence-corrected chi connectivity index (χ1v) is 2.43. The van der Waals surface area contributed by atoms with Crippen molar-refractivity contribution in [1.29, 1.82) is 0 Å². The maximum atomic E-state index is 3.77. The first kappa shape index (κ1) is 4.13. The minimum Gasteiger partial charge on any atom is -0.316 e. The Labute approximate surface area is 38.7 Å². The topological polar surface area (TPSA) is 12.0 Å². The fourth-order valence-electron chi connectivity index (χ4n) is 0.553. The van der Waals surface area contributed by atoms with Gasteiger partial charge in [-0.3, -0.25) is 0 Å². The third kappa shape index (κ3) is 0.548. The predicted molar refractivity (Wildman–Crippen MR) is 26.3 cm³/mol. The summed E-state index contributed by atoms with van der Waals surface area (Å²) in [6, 6.07) is 0. The summed E-state index contributed by atoms with van der Waals surface area (Å²) >= 11 is 0. The van der Waals surface area contributed by atoms with Crippen LogP contribution in [0.2, 0.25) is 0 Å². The molecule has 0 atom stereocenters. The Morgan fingerprint density at radius 1 is 1.67 bits per heavy atom. The number of hydrogen-bond acceptors (Lipinski definition) is 1. The average molecular weight is 84.1 g/mol. The maximum absolute atomic E-state index is 3.77. The summed E-state index contributed by atoms with van der Waals surface area (Å²) in [6.07, 6.45) is 1.10. The Morgan fingerprint density at radius 2 is 2.33 bits per heavy atom. The van der Waals surface area contributed by atoms with Crippen LogP contribution in [0.25, 0.3) is 0 Å². The lowest BCUT2D eigenvalue weighted by Gasteiger charge is -2.24. The fraction of sp³-hybridized carbons (Fsp3) is 0.800. The minimum absolute atomic E-state index is 0.894. The van der Waals surface area contributed by atoms with Crippen LogP contribution in [-0.4, -0.2) is 13.1 Å². The van der Waals surface area contributed by atoms with E-state index in [0.29, 0.717) is 0 Å². The van der Waals surface area contributed by atoms with Crippen LogP contribution in [-0.2, 0) is 0 Å². The molecular weight excluding hydrogens is 74.1 g/mol. The van der Waals surface area contributed by atoms with Gasteiger partial charge in [0.25, 0.3) is 0 Å². The minimum atomic E-state index is 0.894. The molecule has 1 nitrogen and oxygen atoms in total. The molecule has 0 saturated carbocycles. The monoisotopic (exact) mass is 84.1 g/mol. The van der Waals surface area contributed by atoms with Gasteiger partial charge in [0.2, 0.25) is 0 Å². The molecule has 0 aromatic heterocycles. The molecule has 1 fully saturated rings. The molecule has 6 heavy (non-hydrogen) atoms. The highest BCUT2D eigenvalue weighted by molar-refractivity contribution is 4.74. The Bertz CT molecular complexity index is 36.4. The van der Waals surface area contributed by atoms with E-state index in [4.69, 9.17) is 0 Å². The molecule has 1 radical (unpaired) electrons. The lowest BCUT2D eigenvalue weighted by molar-refractivity contribution is 0.351. The van der Waals surface area contributed by atoms with E-state index in [1.807, 2.05) is 0 Å². The Balaban J connectivity index is 2.01. The van der Waals surface area contributed by atoms with Crippen LogP contribution in [0.5, 0.6) is 0 Å². The lowest BCUT2D eigenvalue weighted by atomic mass is 10.0. The second-order valence-corrected chi connectivity index (χ2v) is 1.81. The molecular formula is C5H10N. The molecule has 1 aliphatic heterocycles. The summed E-state index contributed by atoms with van der Waals surface area (Å²) in [5.74, 6) is 0.894. The van der Waals surface area contributed by atoms with E-state index in [0.717, 1.165) is 12.3 Å². The van der Waals surface area contributed by atoms with Crippen molar-refractivity contribution in [2.45, 2.75) is 6.42 Å². The summed E-state index contributed by atoms with van der Waals surface area (Å²) in [4.78, 5) is 0. The van der Waals surface area contributed by atoms with Gasteiger partial charge >= 0.3 is 0 Å². The smallest absolute Gasteiger partial charge is 0.000826 e. The van der Waals surface area contributed by atoms with Crippen molar-refractivity contribution in [3.63, 3.8) is 0 Å². The van der Waals surface area contributed by atoms with Crippen LogP contribution >= 0.6 is 0 Å². The van der Waals surface area contributed by atoms with E-state index in [1.54, 1.807) is 0 Å².